The Bertz CT molecular complexity index is 884. The van der Waals surface area contributed by atoms with Gasteiger partial charge >= 0.3 is 5.97 Å². The second-order valence-electron chi connectivity index (χ2n) is 5.76. The van der Waals surface area contributed by atoms with Crippen molar-refractivity contribution in [2.75, 3.05) is 6.26 Å². The van der Waals surface area contributed by atoms with Crippen LogP contribution in [0.2, 0.25) is 0 Å². The molecule has 0 aliphatic heterocycles. The van der Waals surface area contributed by atoms with E-state index in [0.717, 1.165) is 25.7 Å². The molecular formula is C15H17N3O4S. The SMILES string of the molecule is Cc1nc(S(C)=O)nc2c1cc(C(=O)O)c(=O)n2C1CCCC1. The fraction of sp³-hybridized carbons (Fsp3) is 0.467. The molecule has 1 N–H and O–H groups in total. The number of carboxylic acid groups (broad SMARTS) is 1. The van der Waals surface area contributed by atoms with E-state index in [9.17, 15) is 18.9 Å². The highest BCUT2D eigenvalue weighted by molar-refractivity contribution is 7.84. The predicted molar refractivity (Wildman–Crippen MR) is 85.3 cm³/mol. The van der Waals surface area contributed by atoms with Crippen molar-refractivity contribution >= 4 is 27.8 Å². The lowest BCUT2D eigenvalue weighted by atomic mass is 10.1. The second-order valence-corrected chi connectivity index (χ2v) is 7.03. The average molecular weight is 335 g/mol. The van der Waals surface area contributed by atoms with Gasteiger partial charge in [0.2, 0.25) is 5.16 Å². The van der Waals surface area contributed by atoms with E-state index in [1.807, 2.05) is 0 Å². The van der Waals surface area contributed by atoms with Gasteiger partial charge in [-0.25, -0.2) is 14.8 Å². The Morgan fingerprint density at radius 2 is 2.00 bits per heavy atom. The fourth-order valence-corrected chi connectivity index (χ4v) is 3.59. The van der Waals surface area contributed by atoms with E-state index in [4.69, 9.17) is 0 Å². The van der Waals surface area contributed by atoms with Crippen LogP contribution in [0, 0.1) is 6.92 Å². The molecule has 1 unspecified atom stereocenters. The summed E-state index contributed by atoms with van der Waals surface area (Å²) in [6, 6.07) is 1.25. The number of fused-ring (bicyclic) bond motifs is 1. The summed E-state index contributed by atoms with van der Waals surface area (Å²) in [6.07, 6.45) is 5.08. The van der Waals surface area contributed by atoms with Crippen LogP contribution in [0.3, 0.4) is 0 Å². The van der Waals surface area contributed by atoms with Gasteiger partial charge in [0, 0.05) is 17.7 Å². The van der Waals surface area contributed by atoms with Gasteiger partial charge in [-0.2, -0.15) is 0 Å². The number of pyridine rings is 1. The van der Waals surface area contributed by atoms with Crippen LogP contribution in [0.5, 0.6) is 0 Å². The van der Waals surface area contributed by atoms with E-state index >= 15 is 0 Å². The lowest BCUT2D eigenvalue weighted by molar-refractivity contribution is 0.0694. The minimum absolute atomic E-state index is 0.0725. The summed E-state index contributed by atoms with van der Waals surface area (Å²) >= 11 is 0. The highest BCUT2D eigenvalue weighted by Crippen LogP contribution is 2.31. The summed E-state index contributed by atoms with van der Waals surface area (Å²) in [4.78, 5) is 32.5. The topological polar surface area (TPSA) is 102 Å². The van der Waals surface area contributed by atoms with Crippen LogP contribution in [-0.2, 0) is 10.8 Å². The van der Waals surface area contributed by atoms with Crippen LogP contribution in [-0.4, -0.2) is 36.1 Å². The van der Waals surface area contributed by atoms with E-state index in [0.29, 0.717) is 16.7 Å². The summed E-state index contributed by atoms with van der Waals surface area (Å²) in [7, 11) is -1.38. The monoisotopic (exact) mass is 335 g/mol. The first-order valence-electron chi connectivity index (χ1n) is 7.40. The zero-order valence-corrected chi connectivity index (χ0v) is 13.7. The van der Waals surface area contributed by atoms with E-state index in [2.05, 4.69) is 9.97 Å². The molecule has 23 heavy (non-hydrogen) atoms. The van der Waals surface area contributed by atoms with Crippen LogP contribution < -0.4 is 5.56 Å². The van der Waals surface area contributed by atoms with E-state index in [1.165, 1.54) is 16.9 Å². The molecule has 1 aliphatic carbocycles. The fourth-order valence-electron chi connectivity index (χ4n) is 3.11. The predicted octanol–water partition coefficient (Wildman–Crippen LogP) is 1.65. The average Bonchev–Trinajstić information content (AvgIpc) is 2.99. The van der Waals surface area contributed by atoms with E-state index in [-0.39, 0.29) is 16.8 Å². The van der Waals surface area contributed by atoms with Crippen molar-refractivity contribution in [2.45, 2.75) is 43.8 Å². The summed E-state index contributed by atoms with van der Waals surface area (Å²) < 4.78 is 13.2. The van der Waals surface area contributed by atoms with Gasteiger partial charge in [0.25, 0.3) is 5.56 Å². The summed E-state index contributed by atoms with van der Waals surface area (Å²) in [6.45, 7) is 1.70. The highest BCUT2D eigenvalue weighted by Gasteiger charge is 2.25. The number of hydrogen-bond acceptors (Lipinski definition) is 5. The third kappa shape index (κ3) is 2.67. The van der Waals surface area contributed by atoms with Gasteiger partial charge in [-0.1, -0.05) is 12.8 Å². The van der Waals surface area contributed by atoms with Gasteiger partial charge in [0.15, 0.2) is 0 Å². The molecule has 0 radical (unpaired) electrons. The molecule has 1 fully saturated rings. The molecule has 1 saturated carbocycles. The molecule has 2 aromatic rings. The first-order valence-corrected chi connectivity index (χ1v) is 8.96. The van der Waals surface area contributed by atoms with Gasteiger partial charge < -0.3 is 5.11 Å². The molecule has 1 aliphatic rings. The standard InChI is InChI=1S/C15H17N3O4S/c1-8-10-7-11(14(20)21)13(19)18(9-5-3-4-6-9)12(10)17-15(16-8)23(2)22/h7,9H,3-6H2,1-2H3,(H,20,21). The Balaban J connectivity index is 2.43. The molecule has 8 heteroatoms. The molecule has 1 atom stereocenters. The number of carboxylic acids is 1. The Morgan fingerprint density at radius 3 is 2.57 bits per heavy atom. The number of rotatable bonds is 3. The molecule has 2 aromatic heterocycles. The van der Waals surface area contributed by atoms with Crippen molar-refractivity contribution in [3.63, 3.8) is 0 Å². The van der Waals surface area contributed by atoms with Crippen LogP contribution in [0.15, 0.2) is 16.0 Å². The minimum atomic E-state index is -1.38. The van der Waals surface area contributed by atoms with Gasteiger partial charge in [-0.05, 0) is 25.8 Å². The number of hydrogen-bond donors (Lipinski definition) is 1. The highest BCUT2D eigenvalue weighted by atomic mass is 32.2. The first-order chi connectivity index (χ1) is 10.9. The van der Waals surface area contributed by atoms with Gasteiger partial charge in [-0.3, -0.25) is 13.6 Å². The molecule has 0 saturated heterocycles. The van der Waals surface area contributed by atoms with Crippen molar-refractivity contribution < 1.29 is 14.1 Å². The van der Waals surface area contributed by atoms with Crippen molar-refractivity contribution in [1.82, 2.24) is 14.5 Å². The number of carbonyl (C=O) groups is 1. The number of aromatic carboxylic acids is 1. The minimum Gasteiger partial charge on any atom is -0.477 e. The zero-order valence-electron chi connectivity index (χ0n) is 12.9. The Kier molecular flexibility index (Phi) is 4.01. The lowest BCUT2D eigenvalue weighted by Gasteiger charge is -2.18. The molecule has 2 heterocycles. The molecule has 122 valence electrons. The normalized spacial score (nSPS) is 16.8. The van der Waals surface area contributed by atoms with Crippen molar-refractivity contribution in [3.8, 4) is 0 Å². The molecular weight excluding hydrogens is 318 g/mol. The third-order valence-corrected chi connectivity index (χ3v) is 4.94. The van der Waals surface area contributed by atoms with Gasteiger partial charge in [-0.15, -0.1) is 0 Å². The van der Waals surface area contributed by atoms with Crippen molar-refractivity contribution in [3.05, 3.63) is 27.7 Å². The number of nitrogens with zero attached hydrogens (tertiary/aromatic N) is 3. The summed E-state index contributed by atoms with van der Waals surface area (Å²) in [5.74, 6) is -1.26. The largest absolute Gasteiger partial charge is 0.477 e. The Labute approximate surface area is 134 Å². The number of aryl methyl sites for hydroxylation is 1. The lowest BCUT2D eigenvalue weighted by Crippen LogP contribution is -2.30. The maximum atomic E-state index is 12.6. The number of aromatic nitrogens is 3. The van der Waals surface area contributed by atoms with Gasteiger partial charge in [0.05, 0.1) is 16.5 Å². The van der Waals surface area contributed by atoms with Gasteiger partial charge in [0.1, 0.15) is 11.2 Å². The van der Waals surface area contributed by atoms with Crippen molar-refractivity contribution in [2.24, 2.45) is 0 Å². The molecule has 7 nitrogen and oxygen atoms in total. The van der Waals surface area contributed by atoms with E-state index < -0.39 is 22.3 Å². The summed E-state index contributed by atoms with van der Waals surface area (Å²) in [5, 5.41) is 10.00. The second kappa shape index (κ2) is 5.84. The van der Waals surface area contributed by atoms with Crippen LogP contribution in [0.4, 0.5) is 0 Å². The smallest absolute Gasteiger partial charge is 0.341 e. The van der Waals surface area contributed by atoms with Crippen LogP contribution >= 0.6 is 0 Å². The molecule has 0 bridgehead atoms. The molecule has 0 aromatic carbocycles. The van der Waals surface area contributed by atoms with Crippen LogP contribution in [0.1, 0.15) is 47.8 Å². The first kappa shape index (κ1) is 15.8. The maximum Gasteiger partial charge on any atom is 0.341 e. The quantitative estimate of drug-likeness (QED) is 0.856. The summed E-state index contributed by atoms with van der Waals surface area (Å²) in [5.41, 5.74) is 0.0725. The maximum absolute atomic E-state index is 12.6. The van der Waals surface area contributed by atoms with Crippen LogP contribution in [0.25, 0.3) is 11.0 Å². The molecule has 0 spiro atoms. The third-order valence-electron chi connectivity index (χ3n) is 4.24. The van der Waals surface area contributed by atoms with Crippen molar-refractivity contribution in [1.29, 1.82) is 0 Å². The Hall–Kier alpha value is -2.09. The molecule has 3 rings (SSSR count). The zero-order chi connectivity index (χ0) is 16.7. The molecule has 0 amide bonds. The van der Waals surface area contributed by atoms with E-state index in [1.54, 1.807) is 6.92 Å². The Morgan fingerprint density at radius 1 is 1.35 bits per heavy atom.